The first kappa shape index (κ1) is 16.1. The van der Waals surface area contributed by atoms with Gasteiger partial charge in [-0.2, -0.15) is 11.8 Å². The van der Waals surface area contributed by atoms with Gasteiger partial charge in [-0.25, -0.2) is 0 Å². The molecule has 1 aliphatic heterocycles. The third kappa shape index (κ3) is 4.92. The number of aliphatic imine (C=N–C) groups is 1. The van der Waals surface area contributed by atoms with E-state index >= 15 is 0 Å². The minimum Gasteiger partial charge on any atom is -0.356 e. The molecule has 0 aromatic carbocycles. The number of hydrogen-bond acceptors (Lipinski definition) is 3. The van der Waals surface area contributed by atoms with Gasteiger partial charge in [0.25, 0.3) is 0 Å². The van der Waals surface area contributed by atoms with Gasteiger partial charge in [-0.3, -0.25) is 9.98 Å². The summed E-state index contributed by atoms with van der Waals surface area (Å²) in [5.74, 6) is 2.18. The van der Waals surface area contributed by atoms with E-state index in [1.165, 1.54) is 5.56 Å². The number of nitrogens with zero attached hydrogens (tertiary/aromatic N) is 3. The molecule has 0 amide bonds. The fourth-order valence-electron chi connectivity index (χ4n) is 2.49. The van der Waals surface area contributed by atoms with Crippen molar-refractivity contribution in [2.24, 2.45) is 4.99 Å². The normalized spacial score (nSPS) is 18.7. The summed E-state index contributed by atoms with van der Waals surface area (Å²) in [6, 6.07) is 4.21. The van der Waals surface area contributed by atoms with Gasteiger partial charge in [0, 0.05) is 49.1 Å². The molecule has 4 nitrogen and oxygen atoms in total. The predicted octanol–water partition coefficient (Wildman–Crippen LogP) is 2.34. The zero-order valence-electron chi connectivity index (χ0n) is 13.5. The van der Waals surface area contributed by atoms with Crippen molar-refractivity contribution in [2.45, 2.75) is 31.9 Å². The minimum absolute atomic E-state index is 0.302. The van der Waals surface area contributed by atoms with Gasteiger partial charge in [0.05, 0.1) is 0 Å². The number of aryl methyl sites for hydroxylation is 1. The molecule has 21 heavy (non-hydrogen) atoms. The van der Waals surface area contributed by atoms with Crippen LogP contribution in [-0.4, -0.2) is 53.0 Å². The molecule has 0 atom stereocenters. The molecule has 0 bridgehead atoms. The molecule has 2 rings (SSSR count). The third-order valence-electron chi connectivity index (χ3n) is 3.61. The Bertz CT molecular complexity index is 482. The predicted molar refractivity (Wildman–Crippen MR) is 92.1 cm³/mol. The smallest absolute Gasteiger partial charge is 0.193 e. The largest absolute Gasteiger partial charge is 0.356 e. The first-order valence-electron chi connectivity index (χ1n) is 7.51. The number of thioether (sulfide) groups is 1. The summed E-state index contributed by atoms with van der Waals surface area (Å²) in [5, 5.41) is 3.48. The SMILES string of the molecule is CN=C(NCCc1ccc(C)nc1)N1CCSC(C)(C)C1. The standard InChI is InChI=1S/C16H26N4S/c1-13-5-6-14(11-19-13)7-8-18-15(17-4)20-9-10-21-16(2,3)12-20/h5-6,11H,7-10,12H2,1-4H3,(H,17,18). The number of pyridine rings is 1. The van der Waals surface area contributed by atoms with Crippen molar-refractivity contribution >= 4 is 17.7 Å². The second kappa shape index (κ2) is 7.16. The zero-order chi connectivity index (χ0) is 15.3. The number of rotatable bonds is 3. The van der Waals surface area contributed by atoms with E-state index in [0.29, 0.717) is 4.75 Å². The number of aromatic nitrogens is 1. The van der Waals surface area contributed by atoms with Crippen LogP contribution < -0.4 is 5.32 Å². The number of hydrogen-bond donors (Lipinski definition) is 1. The van der Waals surface area contributed by atoms with Crippen LogP contribution in [-0.2, 0) is 6.42 Å². The first-order valence-corrected chi connectivity index (χ1v) is 8.50. The Morgan fingerprint density at radius 3 is 2.90 bits per heavy atom. The molecule has 1 saturated heterocycles. The van der Waals surface area contributed by atoms with Gasteiger partial charge in [-0.05, 0) is 38.8 Å². The Kier molecular flexibility index (Phi) is 5.51. The van der Waals surface area contributed by atoms with E-state index in [-0.39, 0.29) is 0 Å². The van der Waals surface area contributed by atoms with E-state index in [0.717, 1.165) is 43.5 Å². The molecule has 1 fully saturated rings. The molecule has 2 heterocycles. The van der Waals surface area contributed by atoms with E-state index in [1.807, 2.05) is 31.9 Å². The van der Waals surface area contributed by atoms with E-state index in [2.05, 4.69) is 46.2 Å². The van der Waals surface area contributed by atoms with Crippen LogP contribution in [0.3, 0.4) is 0 Å². The van der Waals surface area contributed by atoms with Crippen molar-refractivity contribution in [3.05, 3.63) is 29.6 Å². The fraction of sp³-hybridized carbons (Fsp3) is 0.625. The second-order valence-electron chi connectivity index (χ2n) is 6.06. The molecule has 1 aromatic heterocycles. The lowest BCUT2D eigenvalue weighted by atomic mass is 10.2. The Balaban J connectivity index is 1.84. The Morgan fingerprint density at radius 1 is 1.48 bits per heavy atom. The van der Waals surface area contributed by atoms with Gasteiger partial charge < -0.3 is 10.2 Å². The summed E-state index contributed by atoms with van der Waals surface area (Å²) in [7, 11) is 1.87. The van der Waals surface area contributed by atoms with Gasteiger partial charge >= 0.3 is 0 Å². The minimum atomic E-state index is 0.302. The van der Waals surface area contributed by atoms with Gasteiger partial charge in [-0.1, -0.05) is 6.07 Å². The topological polar surface area (TPSA) is 40.5 Å². The molecular weight excluding hydrogens is 280 g/mol. The van der Waals surface area contributed by atoms with E-state index in [9.17, 15) is 0 Å². The lowest BCUT2D eigenvalue weighted by Gasteiger charge is -2.39. The molecule has 0 saturated carbocycles. The van der Waals surface area contributed by atoms with Crippen LogP contribution in [0.1, 0.15) is 25.1 Å². The summed E-state index contributed by atoms with van der Waals surface area (Å²) in [6.07, 6.45) is 2.93. The summed E-state index contributed by atoms with van der Waals surface area (Å²) in [5.41, 5.74) is 2.33. The molecular formula is C16H26N4S. The van der Waals surface area contributed by atoms with Crippen molar-refractivity contribution < 1.29 is 0 Å². The van der Waals surface area contributed by atoms with Crippen LogP contribution in [0.4, 0.5) is 0 Å². The highest BCUT2D eigenvalue weighted by atomic mass is 32.2. The van der Waals surface area contributed by atoms with Crippen molar-refractivity contribution in [2.75, 3.05) is 32.4 Å². The average Bonchev–Trinajstić information content (AvgIpc) is 2.44. The van der Waals surface area contributed by atoms with Crippen molar-refractivity contribution in [1.82, 2.24) is 15.2 Å². The van der Waals surface area contributed by atoms with Crippen LogP contribution in [0, 0.1) is 6.92 Å². The maximum atomic E-state index is 4.43. The molecule has 0 aliphatic carbocycles. The molecule has 0 unspecified atom stereocenters. The Morgan fingerprint density at radius 2 is 2.29 bits per heavy atom. The van der Waals surface area contributed by atoms with Crippen LogP contribution >= 0.6 is 11.8 Å². The lowest BCUT2D eigenvalue weighted by Crippen LogP contribution is -2.51. The summed E-state index contributed by atoms with van der Waals surface area (Å²) < 4.78 is 0.302. The highest BCUT2D eigenvalue weighted by molar-refractivity contribution is 8.00. The van der Waals surface area contributed by atoms with Crippen LogP contribution in [0.25, 0.3) is 0 Å². The van der Waals surface area contributed by atoms with Crippen molar-refractivity contribution in [3.63, 3.8) is 0 Å². The quantitative estimate of drug-likeness (QED) is 0.687. The zero-order valence-corrected chi connectivity index (χ0v) is 14.3. The second-order valence-corrected chi connectivity index (χ2v) is 7.86. The molecule has 0 radical (unpaired) electrons. The highest BCUT2D eigenvalue weighted by Crippen LogP contribution is 2.29. The van der Waals surface area contributed by atoms with E-state index in [1.54, 1.807) is 0 Å². The third-order valence-corrected chi connectivity index (χ3v) is 4.90. The van der Waals surface area contributed by atoms with Crippen LogP contribution in [0.15, 0.2) is 23.3 Å². The lowest BCUT2D eigenvalue weighted by molar-refractivity contribution is 0.376. The maximum absolute atomic E-state index is 4.43. The Hall–Kier alpha value is -1.23. The molecule has 0 spiro atoms. The molecule has 1 aliphatic rings. The highest BCUT2D eigenvalue weighted by Gasteiger charge is 2.28. The first-order chi connectivity index (χ1) is 10.00. The number of nitrogens with one attached hydrogen (secondary N) is 1. The van der Waals surface area contributed by atoms with Crippen LogP contribution in [0.5, 0.6) is 0 Å². The number of guanidine groups is 1. The van der Waals surface area contributed by atoms with Gasteiger partial charge in [0.15, 0.2) is 5.96 Å². The van der Waals surface area contributed by atoms with E-state index in [4.69, 9.17) is 0 Å². The summed E-state index contributed by atoms with van der Waals surface area (Å²) in [4.78, 5) is 11.1. The molecule has 116 valence electrons. The van der Waals surface area contributed by atoms with Crippen molar-refractivity contribution in [3.8, 4) is 0 Å². The van der Waals surface area contributed by atoms with Gasteiger partial charge in [0.2, 0.25) is 0 Å². The van der Waals surface area contributed by atoms with Crippen molar-refractivity contribution in [1.29, 1.82) is 0 Å². The molecule has 1 aromatic rings. The summed E-state index contributed by atoms with van der Waals surface area (Å²) in [6.45, 7) is 9.62. The van der Waals surface area contributed by atoms with Gasteiger partial charge in [0.1, 0.15) is 0 Å². The fourth-order valence-corrected chi connectivity index (χ4v) is 3.61. The summed E-state index contributed by atoms with van der Waals surface area (Å²) >= 11 is 2.04. The van der Waals surface area contributed by atoms with E-state index < -0.39 is 0 Å². The molecule has 1 N–H and O–H groups in total. The van der Waals surface area contributed by atoms with Gasteiger partial charge in [-0.15, -0.1) is 0 Å². The van der Waals surface area contributed by atoms with Crippen LogP contribution in [0.2, 0.25) is 0 Å². The maximum Gasteiger partial charge on any atom is 0.193 e. The average molecular weight is 306 g/mol. The Labute approximate surface area is 132 Å². The molecule has 5 heteroatoms. The monoisotopic (exact) mass is 306 g/mol.